The summed E-state index contributed by atoms with van der Waals surface area (Å²) in [5, 5.41) is 0. The van der Waals surface area contributed by atoms with Gasteiger partial charge in [0.25, 0.3) is 0 Å². The zero-order valence-electron chi connectivity index (χ0n) is 5.76. The Labute approximate surface area is 55.8 Å². The molecule has 1 heterocycles. The van der Waals surface area contributed by atoms with Crippen LogP contribution < -0.4 is 0 Å². The maximum absolute atomic E-state index is 10.1. The van der Waals surface area contributed by atoms with Crippen molar-refractivity contribution in [2.75, 3.05) is 13.1 Å². The van der Waals surface area contributed by atoms with E-state index in [0.717, 1.165) is 19.5 Å². The van der Waals surface area contributed by atoms with Crippen LogP contribution in [-0.4, -0.2) is 24.4 Å². The Morgan fingerprint density at radius 2 is 2.44 bits per heavy atom. The van der Waals surface area contributed by atoms with Crippen molar-refractivity contribution in [3.05, 3.63) is 0 Å². The molecule has 0 bridgehead atoms. The van der Waals surface area contributed by atoms with Gasteiger partial charge in [0.2, 0.25) is 0 Å². The fourth-order valence-corrected chi connectivity index (χ4v) is 1.27. The van der Waals surface area contributed by atoms with Gasteiger partial charge in [-0.2, -0.15) is 0 Å². The summed E-state index contributed by atoms with van der Waals surface area (Å²) in [5.41, 5.74) is 0. The summed E-state index contributed by atoms with van der Waals surface area (Å²) in [4.78, 5) is 11.8. The molecule has 1 fully saturated rings. The Kier molecular flexibility index (Phi) is 2.09. The predicted molar refractivity (Wildman–Crippen MR) is 35.7 cm³/mol. The number of amides is 1. The lowest BCUT2D eigenvalue weighted by Crippen LogP contribution is -2.32. The molecule has 2 heteroatoms. The monoisotopic (exact) mass is 126 g/mol. The van der Waals surface area contributed by atoms with E-state index in [1.807, 2.05) is 6.41 Å². The topological polar surface area (TPSA) is 20.3 Å². The Balaban J connectivity index is 2.31. The fraction of sp³-hybridized carbons (Fsp3) is 0.857. The molecule has 1 rings (SSSR count). The number of hydrogen-bond donors (Lipinski definition) is 0. The Hall–Kier alpha value is -0.530. The van der Waals surface area contributed by atoms with E-state index in [0.29, 0.717) is 5.92 Å². The van der Waals surface area contributed by atoms with Gasteiger partial charge in [-0.25, -0.2) is 0 Å². The van der Waals surface area contributed by atoms with Gasteiger partial charge in [-0.15, -0.1) is 0 Å². The van der Waals surface area contributed by atoms with Crippen molar-refractivity contribution in [1.82, 2.24) is 4.90 Å². The van der Waals surface area contributed by atoms with Crippen LogP contribution in [0, 0.1) is 5.92 Å². The summed E-state index contributed by atoms with van der Waals surface area (Å²) in [6.45, 7) is 3.99. The summed E-state index contributed by atoms with van der Waals surface area (Å²) in [6, 6.07) is 0. The van der Waals surface area contributed by atoms with Crippen molar-refractivity contribution in [3.8, 4) is 0 Å². The van der Waals surface area contributed by atoms with Crippen LogP contribution in [-0.2, 0) is 4.79 Å². The molecule has 0 spiro atoms. The molecule has 1 unspecified atom stereocenters. The molecule has 0 N–H and O–H groups in total. The first kappa shape index (κ1) is 6.59. The highest BCUT2D eigenvalue weighted by Gasteiger charge is 2.14. The molecule has 0 saturated carbocycles. The SMILES string of the molecule is CC1CCCN([C]=O)C1. The largest absolute Gasteiger partial charge is 0.334 e. The standard InChI is InChI=1S/C7H12NO/c1-7-3-2-4-8(5-7)6-9/h7H,2-5H2,1H3. The zero-order valence-corrected chi connectivity index (χ0v) is 5.76. The Morgan fingerprint density at radius 1 is 1.67 bits per heavy atom. The lowest BCUT2D eigenvalue weighted by atomic mass is 10.0. The lowest BCUT2D eigenvalue weighted by Gasteiger charge is -2.26. The van der Waals surface area contributed by atoms with Gasteiger partial charge in [-0.1, -0.05) is 6.92 Å². The fourth-order valence-electron chi connectivity index (χ4n) is 1.27. The highest BCUT2D eigenvalue weighted by Crippen LogP contribution is 2.13. The Morgan fingerprint density at radius 3 is 2.89 bits per heavy atom. The molecule has 1 aliphatic rings. The average molecular weight is 126 g/mol. The van der Waals surface area contributed by atoms with Gasteiger partial charge in [-0.05, 0) is 18.8 Å². The maximum Gasteiger partial charge on any atom is 0.312 e. The van der Waals surface area contributed by atoms with E-state index < -0.39 is 0 Å². The van der Waals surface area contributed by atoms with Crippen LogP contribution in [0.3, 0.4) is 0 Å². The molecule has 1 aliphatic heterocycles. The highest BCUT2D eigenvalue weighted by molar-refractivity contribution is 5.48. The first-order valence-electron chi connectivity index (χ1n) is 3.45. The molecule has 1 radical (unpaired) electrons. The van der Waals surface area contributed by atoms with Crippen LogP contribution in [0.1, 0.15) is 19.8 Å². The van der Waals surface area contributed by atoms with E-state index in [-0.39, 0.29) is 0 Å². The van der Waals surface area contributed by atoms with Gasteiger partial charge in [-0.3, -0.25) is 4.79 Å². The molecular formula is C7H12NO. The molecule has 0 aromatic rings. The molecule has 1 saturated heterocycles. The van der Waals surface area contributed by atoms with E-state index in [4.69, 9.17) is 0 Å². The van der Waals surface area contributed by atoms with Crippen LogP contribution in [0.25, 0.3) is 0 Å². The van der Waals surface area contributed by atoms with Gasteiger partial charge in [0.05, 0.1) is 0 Å². The Bertz CT molecular complexity index is 103. The van der Waals surface area contributed by atoms with Crippen LogP contribution in [0.5, 0.6) is 0 Å². The first-order valence-corrected chi connectivity index (χ1v) is 3.45. The van der Waals surface area contributed by atoms with Gasteiger partial charge < -0.3 is 4.90 Å². The van der Waals surface area contributed by atoms with E-state index in [1.54, 1.807) is 4.90 Å². The second kappa shape index (κ2) is 2.85. The molecule has 51 valence electrons. The van der Waals surface area contributed by atoms with Gasteiger partial charge in [0.1, 0.15) is 0 Å². The third-order valence-electron chi connectivity index (χ3n) is 1.79. The van der Waals surface area contributed by atoms with E-state index >= 15 is 0 Å². The highest BCUT2D eigenvalue weighted by atomic mass is 16.1. The molecule has 1 atom stereocenters. The smallest absolute Gasteiger partial charge is 0.312 e. The van der Waals surface area contributed by atoms with Crippen molar-refractivity contribution in [3.63, 3.8) is 0 Å². The van der Waals surface area contributed by atoms with Gasteiger partial charge >= 0.3 is 6.41 Å². The molecule has 0 aromatic heterocycles. The number of piperidine rings is 1. The summed E-state index contributed by atoms with van der Waals surface area (Å²) < 4.78 is 0. The molecule has 1 amide bonds. The van der Waals surface area contributed by atoms with Crippen molar-refractivity contribution in [2.45, 2.75) is 19.8 Å². The quantitative estimate of drug-likeness (QED) is 0.508. The minimum Gasteiger partial charge on any atom is -0.334 e. The van der Waals surface area contributed by atoms with Crippen molar-refractivity contribution in [2.24, 2.45) is 5.92 Å². The van der Waals surface area contributed by atoms with Crippen molar-refractivity contribution in [1.29, 1.82) is 0 Å². The van der Waals surface area contributed by atoms with Crippen LogP contribution in [0.2, 0.25) is 0 Å². The van der Waals surface area contributed by atoms with Crippen molar-refractivity contribution >= 4 is 6.41 Å². The minimum absolute atomic E-state index is 0.681. The van der Waals surface area contributed by atoms with E-state index in [9.17, 15) is 4.79 Å². The second-order valence-electron chi connectivity index (χ2n) is 2.78. The molecular weight excluding hydrogens is 114 g/mol. The maximum atomic E-state index is 10.1. The van der Waals surface area contributed by atoms with Crippen molar-refractivity contribution < 1.29 is 4.79 Å². The molecule has 0 aromatic carbocycles. The third-order valence-corrected chi connectivity index (χ3v) is 1.79. The third kappa shape index (κ3) is 1.70. The van der Waals surface area contributed by atoms with E-state index in [1.165, 1.54) is 6.42 Å². The predicted octanol–water partition coefficient (Wildman–Crippen LogP) is 0.785. The number of likely N-dealkylation sites (tertiary alicyclic amines) is 1. The number of nitrogens with zero attached hydrogens (tertiary/aromatic N) is 1. The summed E-state index contributed by atoms with van der Waals surface area (Å²) in [5.74, 6) is 0.681. The molecule has 0 aliphatic carbocycles. The number of rotatable bonds is 1. The van der Waals surface area contributed by atoms with Crippen LogP contribution in [0.4, 0.5) is 0 Å². The number of carbonyl (C=O) groups excluding carboxylic acids is 1. The summed E-state index contributed by atoms with van der Waals surface area (Å²) in [6.07, 6.45) is 4.33. The van der Waals surface area contributed by atoms with Gasteiger partial charge in [0, 0.05) is 13.1 Å². The van der Waals surface area contributed by atoms with Gasteiger partial charge in [0.15, 0.2) is 0 Å². The first-order chi connectivity index (χ1) is 4.33. The van der Waals surface area contributed by atoms with Crippen LogP contribution in [0.15, 0.2) is 0 Å². The normalized spacial score (nSPS) is 28.1. The second-order valence-corrected chi connectivity index (χ2v) is 2.78. The number of hydrogen-bond acceptors (Lipinski definition) is 1. The molecule has 9 heavy (non-hydrogen) atoms. The lowest BCUT2D eigenvalue weighted by molar-refractivity contribution is 0.262. The molecule has 2 nitrogen and oxygen atoms in total. The zero-order chi connectivity index (χ0) is 6.69. The summed E-state index contributed by atoms with van der Waals surface area (Å²) in [7, 11) is 0. The minimum atomic E-state index is 0.681. The van der Waals surface area contributed by atoms with E-state index in [2.05, 4.69) is 6.92 Å². The summed E-state index contributed by atoms with van der Waals surface area (Å²) >= 11 is 0. The average Bonchev–Trinajstić information content (AvgIpc) is 1.88. The van der Waals surface area contributed by atoms with Crippen LogP contribution >= 0.6 is 0 Å².